The molecule has 2 aromatic heterocycles. The maximum atomic E-state index is 5.54. The minimum atomic E-state index is 0.204. The van der Waals surface area contributed by atoms with E-state index in [1.165, 1.54) is 0 Å². The topological polar surface area (TPSA) is 77.6 Å². The Balaban J connectivity index is 2.59. The Morgan fingerprint density at radius 1 is 1.27 bits per heavy atom. The number of nitrogen functional groups attached to an aromatic ring is 1. The Kier molecular flexibility index (Phi) is 2.59. The third-order valence-corrected chi connectivity index (χ3v) is 2.37. The summed E-state index contributed by atoms with van der Waals surface area (Å²) in [5, 5.41) is 0. The molecule has 0 saturated carbocycles. The highest BCUT2D eigenvalue weighted by molar-refractivity contribution is 9.10. The van der Waals surface area contributed by atoms with E-state index < -0.39 is 0 Å². The lowest BCUT2D eigenvalue weighted by Crippen LogP contribution is -2.03. The molecular weight excluding hydrogens is 258 g/mol. The number of aryl methyl sites for hydroxylation is 1. The lowest BCUT2D eigenvalue weighted by atomic mass is 10.3. The van der Waals surface area contributed by atoms with Gasteiger partial charge in [0, 0.05) is 10.7 Å². The fraction of sp³-hybridized carbons (Fsp3) is 0.111. The van der Waals surface area contributed by atoms with Gasteiger partial charge < -0.3 is 5.73 Å². The molecule has 76 valence electrons. The van der Waals surface area contributed by atoms with Crippen molar-refractivity contribution in [2.45, 2.75) is 6.92 Å². The number of hydrogen-bond donors (Lipinski definition) is 1. The molecule has 0 aliphatic carbocycles. The molecule has 2 N–H and O–H groups in total. The van der Waals surface area contributed by atoms with Gasteiger partial charge in [-0.05, 0) is 35.0 Å². The summed E-state index contributed by atoms with van der Waals surface area (Å²) in [6, 6.07) is 3.70. The van der Waals surface area contributed by atoms with Gasteiger partial charge in [0.2, 0.25) is 5.95 Å². The van der Waals surface area contributed by atoms with Gasteiger partial charge in [-0.1, -0.05) is 0 Å². The summed E-state index contributed by atoms with van der Waals surface area (Å²) in [5.74, 6) is 1.26. The molecule has 0 unspecified atom stereocenters. The molecule has 0 aromatic carbocycles. The van der Waals surface area contributed by atoms with Crippen LogP contribution in [0.2, 0.25) is 0 Å². The van der Waals surface area contributed by atoms with Crippen LogP contribution in [0.15, 0.2) is 22.8 Å². The molecule has 0 saturated heterocycles. The van der Waals surface area contributed by atoms with Crippen LogP contribution in [-0.2, 0) is 0 Å². The van der Waals surface area contributed by atoms with Gasteiger partial charge in [-0.15, -0.1) is 0 Å². The van der Waals surface area contributed by atoms with Crippen molar-refractivity contribution < 1.29 is 0 Å². The van der Waals surface area contributed by atoms with Crippen LogP contribution in [0.4, 0.5) is 5.95 Å². The summed E-state index contributed by atoms with van der Waals surface area (Å²) in [6.07, 6.45) is 1.68. The first kappa shape index (κ1) is 9.97. The molecule has 2 rings (SSSR count). The van der Waals surface area contributed by atoms with Crippen molar-refractivity contribution in [2.24, 2.45) is 0 Å². The fourth-order valence-electron chi connectivity index (χ4n) is 1.16. The molecule has 0 aliphatic heterocycles. The predicted molar refractivity (Wildman–Crippen MR) is 59.9 cm³/mol. The Hall–Kier alpha value is -1.56. The van der Waals surface area contributed by atoms with Crippen LogP contribution in [0.5, 0.6) is 0 Å². The van der Waals surface area contributed by atoms with Crippen molar-refractivity contribution in [1.29, 1.82) is 0 Å². The summed E-state index contributed by atoms with van der Waals surface area (Å²) in [7, 11) is 0. The van der Waals surface area contributed by atoms with Gasteiger partial charge in [0.15, 0.2) is 5.82 Å². The Labute approximate surface area is 94.9 Å². The van der Waals surface area contributed by atoms with Crippen molar-refractivity contribution in [3.63, 3.8) is 0 Å². The first-order chi connectivity index (χ1) is 7.16. The molecule has 0 fully saturated rings. The van der Waals surface area contributed by atoms with E-state index in [2.05, 4.69) is 35.9 Å². The van der Waals surface area contributed by atoms with Gasteiger partial charge in [-0.25, -0.2) is 4.98 Å². The second-order valence-corrected chi connectivity index (χ2v) is 3.75. The molecule has 2 aromatic rings. The minimum Gasteiger partial charge on any atom is -0.368 e. The molecule has 2 heterocycles. The van der Waals surface area contributed by atoms with Crippen LogP contribution in [0.1, 0.15) is 5.82 Å². The summed E-state index contributed by atoms with van der Waals surface area (Å²) >= 11 is 3.38. The van der Waals surface area contributed by atoms with Crippen LogP contribution < -0.4 is 5.73 Å². The molecule has 0 aliphatic rings. The SMILES string of the molecule is Cc1nc(N)nc(-c2ncccc2Br)n1. The number of rotatable bonds is 1. The summed E-state index contributed by atoms with van der Waals surface area (Å²) < 4.78 is 0.829. The zero-order valence-electron chi connectivity index (χ0n) is 7.98. The highest BCUT2D eigenvalue weighted by Gasteiger charge is 2.08. The number of hydrogen-bond acceptors (Lipinski definition) is 5. The van der Waals surface area contributed by atoms with Gasteiger partial charge >= 0.3 is 0 Å². The van der Waals surface area contributed by atoms with Gasteiger partial charge in [-0.2, -0.15) is 9.97 Å². The summed E-state index contributed by atoms with van der Waals surface area (Å²) in [5.41, 5.74) is 6.20. The highest BCUT2D eigenvalue weighted by atomic mass is 79.9. The molecule has 6 heteroatoms. The van der Waals surface area contributed by atoms with Crippen LogP contribution >= 0.6 is 15.9 Å². The van der Waals surface area contributed by atoms with Crippen molar-refractivity contribution >= 4 is 21.9 Å². The average Bonchev–Trinajstić information content (AvgIpc) is 2.16. The highest BCUT2D eigenvalue weighted by Crippen LogP contribution is 2.22. The van der Waals surface area contributed by atoms with E-state index in [1.54, 1.807) is 13.1 Å². The minimum absolute atomic E-state index is 0.204. The molecule has 5 nitrogen and oxygen atoms in total. The van der Waals surface area contributed by atoms with Crippen molar-refractivity contribution in [1.82, 2.24) is 19.9 Å². The second-order valence-electron chi connectivity index (χ2n) is 2.90. The van der Waals surface area contributed by atoms with E-state index >= 15 is 0 Å². The van der Waals surface area contributed by atoms with E-state index in [9.17, 15) is 0 Å². The average molecular weight is 266 g/mol. The van der Waals surface area contributed by atoms with Gasteiger partial charge in [0.25, 0.3) is 0 Å². The normalized spacial score (nSPS) is 10.3. The standard InChI is InChI=1S/C9H8BrN5/c1-5-13-8(15-9(11)14-5)7-6(10)3-2-4-12-7/h2-4H,1H3,(H2,11,13,14,15). The maximum Gasteiger partial charge on any atom is 0.223 e. The Morgan fingerprint density at radius 3 is 2.73 bits per heavy atom. The molecule has 0 atom stereocenters. The largest absolute Gasteiger partial charge is 0.368 e. The zero-order valence-corrected chi connectivity index (χ0v) is 9.56. The van der Waals surface area contributed by atoms with E-state index in [1.807, 2.05) is 12.1 Å². The van der Waals surface area contributed by atoms with Gasteiger partial charge in [-0.3, -0.25) is 4.98 Å². The lowest BCUT2D eigenvalue weighted by molar-refractivity contribution is 0.986. The molecule has 0 amide bonds. The maximum absolute atomic E-state index is 5.54. The number of pyridine rings is 1. The van der Waals surface area contributed by atoms with Crippen LogP contribution in [0.25, 0.3) is 11.5 Å². The third kappa shape index (κ3) is 2.10. The number of aromatic nitrogens is 4. The second kappa shape index (κ2) is 3.90. The Bertz CT molecular complexity index is 479. The van der Waals surface area contributed by atoms with Gasteiger partial charge in [0.05, 0.1) is 0 Å². The van der Waals surface area contributed by atoms with E-state index in [0.29, 0.717) is 17.3 Å². The fourth-order valence-corrected chi connectivity index (χ4v) is 1.59. The predicted octanol–water partition coefficient (Wildman–Crippen LogP) is 1.59. The summed E-state index contributed by atoms with van der Waals surface area (Å²) in [4.78, 5) is 16.3. The van der Waals surface area contributed by atoms with Crippen LogP contribution in [-0.4, -0.2) is 19.9 Å². The molecule has 0 spiro atoms. The molecule has 0 radical (unpaired) electrons. The van der Waals surface area contributed by atoms with Crippen molar-refractivity contribution in [3.05, 3.63) is 28.6 Å². The molecule has 0 bridgehead atoms. The summed E-state index contributed by atoms with van der Waals surface area (Å²) in [6.45, 7) is 1.76. The zero-order chi connectivity index (χ0) is 10.8. The van der Waals surface area contributed by atoms with Gasteiger partial charge in [0.1, 0.15) is 11.5 Å². The number of nitrogens with zero attached hydrogens (tertiary/aromatic N) is 4. The first-order valence-corrected chi connectivity index (χ1v) is 5.05. The van der Waals surface area contributed by atoms with Crippen LogP contribution in [0, 0.1) is 6.92 Å². The Morgan fingerprint density at radius 2 is 2.07 bits per heavy atom. The smallest absolute Gasteiger partial charge is 0.223 e. The monoisotopic (exact) mass is 265 g/mol. The van der Waals surface area contributed by atoms with E-state index in [4.69, 9.17) is 5.73 Å². The number of nitrogens with two attached hydrogens (primary N) is 1. The quantitative estimate of drug-likeness (QED) is 0.847. The van der Waals surface area contributed by atoms with E-state index in [-0.39, 0.29) is 5.95 Å². The van der Waals surface area contributed by atoms with E-state index in [0.717, 1.165) is 4.47 Å². The number of anilines is 1. The molecular formula is C9H8BrN5. The third-order valence-electron chi connectivity index (χ3n) is 1.73. The number of halogens is 1. The van der Waals surface area contributed by atoms with Crippen LogP contribution in [0.3, 0.4) is 0 Å². The molecule has 15 heavy (non-hydrogen) atoms. The first-order valence-electron chi connectivity index (χ1n) is 4.26. The lowest BCUT2D eigenvalue weighted by Gasteiger charge is -2.02. The van der Waals surface area contributed by atoms with Crippen molar-refractivity contribution in [2.75, 3.05) is 5.73 Å². The van der Waals surface area contributed by atoms with Crippen molar-refractivity contribution in [3.8, 4) is 11.5 Å².